The fraction of sp³-hybridized carbons (Fsp3) is 0.267. The normalized spacial score (nSPS) is 12.5. The van der Waals surface area contributed by atoms with E-state index in [9.17, 15) is 4.79 Å². The van der Waals surface area contributed by atoms with Crippen LogP contribution in [-0.2, 0) is 9.53 Å². The fourth-order valence-corrected chi connectivity index (χ4v) is 2.76. The van der Waals surface area contributed by atoms with Crippen molar-refractivity contribution in [3.8, 4) is 11.5 Å². The van der Waals surface area contributed by atoms with Gasteiger partial charge in [0.05, 0.1) is 12.2 Å². The molecule has 1 aromatic carbocycles. The van der Waals surface area contributed by atoms with Gasteiger partial charge in [0, 0.05) is 17.1 Å². The summed E-state index contributed by atoms with van der Waals surface area (Å²) in [5.41, 5.74) is 1.85. The number of thioether (sulfide) groups is 1. The molecule has 0 radical (unpaired) electrons. The van der Waals surface area contributed by atoms with Gasteiger partial charge in [0.15, 0.2) is 0 Å². The molecule has 1 N–H and O–H groups in total. The van der Waals surface area contributed by atoms with Crippen LogP contribution in [0.15, 0.2) is 40.1 Å². The minimum absolute atomic E-state index is 0.292. The topological polar surface area (TPSA) is 81.0 Å². The lowest BCUT2D eigenvalue weighted by atomic mass is 10.2. The average molecular weight is 317 g/mol. The monoisotopic (exact) mass is 317 g/mol. The van der Waals surface area contributed by atoms with E-state index in [0.717, 1.165) is 16.5 Å². The number of aromatic nitrogens is 3. The number of rotatable bonds is 5. The predicted octanol–water partition coefficient (Wildman–Crippen LogP) is 3.26. The molecule has 0 saturated heterocycles. The summed E-state index contributed by atoms with van der Waals surface area (Å²) in [7, 11) is 0. The van der Waals surface area contributed by atoms with Crippen molar-refractivity contribution in [1.82, 2.24) is 15.2 Å². The Hall–Kier alpha value is -2.28. The van der Waals surface area contributed by atoms with E-state index in [1.165, 1.54) is 11.8 Å². The molecule has 0 unspecified atom stereocenters. The molecule has 1 atom stereocenters. The first kappa shape index (κ1) is 14.6. The van der Waals surface area contributed by atoms with Gasteiger partial charge in [0.1, 0.15) is 5.25 Å². The molecule has 0 spiro atoms. The molecule has 0 aliphatic carbocycles. The Morgan fingerprint density at radius 3 is 3.05 bits per heavy atom. The van der Waals surface area contributed by atoms with Gasteiger partial charge in [-0.1, -0.05) is 30.0 Å². The highest BCUT2D eigenvalue weighted by atomic mass is 32.2. The number of nitrogens with one attached hydrogen (secondary N) is 1. The Kier molecular flexibility index (Phi) is 4.15. The van der Waals surface area contributed by atoms with Gasteiger partial charge in [-0.25, -0.2) is 0 Å². The molecule has 3 aromatic rings. The van der Waals surface area contributed by atoms with Gasteiger partial charge in [0.25, 0.3) is 11.1 Å². The number of carbonyl (C=O) groups excluding carboxylic acids is 1. The van der Waals surface area contributed by atoms with Crippen molar-refractivity contribution < 1.29 is 13.9 Å². The van der Waals surface area contributed by atoms with Crippen molar-refractivity contribution in [3.63, 3.8) is 0 Å². The largest absolute Gasteiger partial charge is 0.465 e. The van der Waals surface area contributed by atoms with Crippen LogP contribution in [0.1, 0.15) is 13.8 Å². The second-order valence-corrected chi connectivity index (χ2v) is 5.93. The number of fused-ring (bicyclic) bond motifs is 1. The number of benzene rings is 1. The van der Waals surface area contributed by atoms with Gasteiger partial charge in [0.2, 0.25) is 0 Å². The second kappa shape index (κ2) is 6.23. The summed E-state index contributed by atoms with van der Waals surface area (Å²) in [5, 5.41) is 9.01. The highest BCUT2D eigenvalue weighted by molar-refractivity contribution is 8.00. The lowest BCUT2D eigenvalue weighted by Gasteiger charge is -2.06. The minimum atomic E-state index is -0.392. The number of ether oxygens (including phenoxy) is 1. The van der Waals surface area contributed by atoms with E-state index in [4.69, 9.17) is 9.15 Å². The maximum absolute atomic E-state index is 11.6. The third kappa shape index (κ3) is 2.85. The summed E-state index contributed by atoms with van der Waals surface area (Å²) in [6.45, 7) is 3.88. The molecule has 22 heavy (non-hydrogen) atoms. The van der Waals surface area contributed by atoms with Crippen LogP contribution in [0.2, 0.25) is 0 Å². The Morgan fingerprint density at radius 2 is 2.23 bits per heavy atom. The summed E-state index contributed by atoms with van der Waals surface area (Å²) in [6.07, 6.45) is 1.83. The fourth-order valence-electron chi connectivity index (χ4n) is 2.07. The van der Waals surface area contributed by atoms with Crippen molar-refractivity contribution in [1.29, 1.82) is 0 Å². The van der Waals surface area contributed by atoms with Crippen LogP contribution in [0, 0.1) is 0 Å². The number of para-hydroxylation sites is 1. The summed E-state index contributed by atoms with van der Waals surface area (Å²) >= 11 is 1.19. The number of esters is 1. The molecular weight excluding hydrogens is 302 g/mol. The molecule has 0 aliphatic heterocycles. The molecule has 0 saturated carbocycles. The minimum Gasteiger partial charge on any atom is -0.465 e. The molecule has 3 rings (SSSR count). The number of H-pyrrole nitrogens is 1. The predicted molar refractivity (Wildman–Crippen MR) is 83.5 cm³/mol. The van der Waals surface area contributed by atoms with Crippen LogP contribution in [0.4, 0.5) is 0 Å². The molecule has 2 aromatic heterocycles. The van der Waals surface area contributed by atoms with E-state index in [0.29, 0.717) is 17.7 Å². The first-order chi connectivity index (χ1) is 10.7. The lowest BCUT2D eigenvalue weighted by molar-refractivity contribution is -0.142. The number of carbonyl (C=O) groups is 1. The van der Waals surface area contributed by atoms with E-state index in [-0.39, 0.29) is 5.97 Å². The van der Waals surface area contributed by atoms with Gasteiger partial charge in [-0.05, 0) is 19.9 Å². The first-order valence-electron chi connectivity index (χ1n) is 6.92. The van der Waals surface area contributed by atoms with Gasteiger partial charge in [-0.15, -0.1) is 10.2 Å². The molecule has 2 heterocycles. The summed E-state index contributed by atoms with van der Waals surface area (Å²) in [4.78, 5) is 14.8. The van der Waals surface area contributed by atoms with E-state index in [2.05, 4.69) is 15.2 Å². The molecule has 114 valence electrons. The Balaban J connectivity index is 1.80. The van der Waals surface area contributed by atoms with Gasteiger partial charge in [-0.2, -0.15) is 0 Å². The van der Waals surface area contributed by atoms with Crippen molar-refractivity contribution in [2.75, 3.05) is 6.61 Å². The van der Waals surface area contributed by atoms with Crippen molar-refractivity contribution in [2.45, 2.75) is 24.3 Å². The van der Waals surface area contributed by atoms with E-state index in [1.54, 1.807) is 13.8 Å². The SMILES string of the molecule is CCOC(=O)[C@@H](C)Sc1nnc(-c2c[nH]c3ccccc23)o1. The molecule has 0 bridgehead atoms. The van der Waals surface area contributed by atoms with Crippen LogP contribution < -0.4 is 0 Å². The summed E-state index contributed by atoms with van der Waals surface area (Å²) in [6, 6.07) is 7.88. The van der Waals surface area contributed by atoms with Gasteiger partial charge < -0.3 is 14.1 Å². The van der Waals surface area contributed by atoms with Crippen LogP contribution in [0.3, 0.4) is 0 Å². The van der Waals surface area contributed by atoms with Crippen LogP contribution >= 0.6 is 11.8 Å². The zero-order valence-corrected chi connectivity index (χ0v) is 13.0. The number of aromatic amines is 1. The quantitative estimate of drug-likeness (QED) is 0.574. The Morgan fingerprint density at radius 1 is 1.41 bits per heavy atom. The van der Waals surface area contributed by atoms with E-state index in [1.807, 2.05) is 30.5 Å². The lowest BCUT2D eigenvalue weighted by Crippen LogP contribution is -2.16. The van der Waals surface area contributed by atoms with Crippen molar-refractivity contribution in [2.24, 2.45) is 0 Å². The number of nitrogens with zero attached hydrogens (tertiary/aromatic N) is 2. The molecule has 0 amide bonds. The van der Waals surface area contributed by atoms with Crippen LogP contribution in [0.5, 0.6) is 0 Å². The van der Waals surface area contributed by atoms with Gasteiger partial charge >= 0.3 is 5.97 Å². The summed E-state index contributed by atoms with van der Waals surface area (Å²) < 4.78 is 10.6. The zero-order chi connectivity index (χ0) is 15.5. The Bertz CT molecular complexity index is 796. The van der Waals surface area contributed by atoms with E-state index >= 15 is 0 Å². The van der Waals surface area contributed by atoms with Gasteiger partial charge in [-0.3, -0.25) is 4.79 Å². The molecule has 0 aliphatic rings. The van der Waals surface area contributed by atoms with Crippen LogP contribution in [-0.4, -0.2) is 33.0 Å². The maximum atomic E-state index is 11.6. The van der Waals surface area contributed by atoms with Crippen molar-refractivity contribution in [3.05, 3.63) is 30.5 Å². The smallest absolute Gasteiger partial charge is 0.319 e. The third-order valence-corrected chi connectivity index (χ3v) is 4.03. The van der Waals surface area contributed by atoms with Crippen LogP contribution in [0.25, 0.3) is 22.4 Å². The molecule has 6 nitrogen and oxygen atoms in total. The maximum Gasteiger partial charge on any atom is 0.319 e. The molecule has 7 heteroatoms. The number of hydrogen-bond acceptors (Lipinski definition) is 6. The second-order valence-electron chi connectivity index (χ2n) is 4.63. The van der Waals surface area contributed by atoms with E-state index < -0.39 is 5.25 Å². The third-order valence-electron chi connectivity index (χ3n) is 3.12. The average Bonchev–Trinajstić information content (AvgIpc) is 3.13. The standard InChI is InChI=1S/C15H15N3O3S/c1-3-20-14(19)9(2)22-15-18-17-13(21-15)11-8-16-12-7-5-4-6-10(11)12/h4-9,16H,3H2,1-2H3/t9-/m1/s1. The first-order valence-corrected chi connectivity index (χ1v) is 7.80. The molecular formula is C15H15N3O3S. The molecule has 0 fully saturated rings. The summed E-state index contributed by atoms with van der Waals surface area (Å²) in [5.74, 6) is 0.135. The highest BCUT2D eigenvalue weighted by Gasteiger charge is 2.20. The number of hydrogen-bond donors (Lipinski definition) is 1. The Labute approximate surface area is 131 Å². The zero-order valence-electron chi connectivity index (χ0n) is 12.2. The highest BCUT2D eigenvalue weighted by Crippen LogP contribution is 2.30. The van der Waals surface area contributed by atoms with Crippen molar-refractivity contribution >= 4 is 28.6 Å².